The average molecular weight is 194 g/mol. The summed E-state index contributed by atoms with van der Waals surface area (Å²) >= 11 is 1.56. The van der Waals surface area contributed by atoms with E-state index in [-0.39, 0.29) is 0 Å². The lowest BCUT2D eigenvalue weighted by Gasteiger charge is -1.89. The fourth-order valence-electron chi connectivity index (χ4n) is 1.10. The van der Waals surface area contributed by atoms with E-state index in [1.54, 1.807) is 17.6 Å². The first-order chi connectivity index (χ1) is 6.18. The lowest BCUT2D eigenvalue weighted by atomic mass is 10.3. The van der Waals surface area contributed by atoms with Gasteiger partial charge in [-0.3, -0.25) is 0 Å². The molecule has 2 N–H and O–H groups in total. The van der Waals surface area contributed by atoms with E-state index in [4.69, 9.17) is 10.2 Å². The summed E-state index contributed by atoms with van der Waals surface area (Å²) in [4.78, 5) is 5.25. The third-order valence-electron chi connectivity index (χ3n) is 1.89. The van der Waals surface area contributed by atoms with E-state index in [1.807, 2.05) is 19.9 Å². The van der Waals surface area contributed by atoms with Crippen molar-refractivity contribution in [1.82, 2.24) is 4.98 Å². The highest BCUT2D eigenvalue weighted by Crippen LogP contribution is 2.31. The van der Waals surface area contributed by atoms with E-state index in [9.17, 15) is 0 Å². The highest BCUT2D eigenvalue weighted by molar-refractivity contribution is 7.15. The molecule has 0 atom stereocenters. The third-order valence-corrected chi connectivity index (χ3v) is 2.87. The SMILES string of the molecule is Cc1ccoc1-c1nc(N)c(C)s1. The van der Waals surface area contributed by atoms with Crippen LogP contribution in [0.4, 0.5) is 5.82 Å². The van der Waals surface area contributed by atoms with Crippen LogP contribution in [-0.4, -0.2) is 4.98 Å². The molecular weight excluding hydrogens is 184 g/mol. The molecule has 13 heavy (non-hydrogen) atoms. The molecule has 0 aliphatic rings. The second-order valence-corrected chi connectivity index (χ2v) is 4.10. The van der Waals surface area contributed by atoms with Crippen LogP contribution in [0.25, 0.3) is 10.8 Å². The first-order valence-electron chi connectivity index (χ1n) is 3.96. The van der Waals surface area contributed by atoms with Crippen LogP contribution in [0.3, 0.4) is 0 Å². The largest absolute Gasteiger partial charge is 0.462 e. The summed E-state index contributed by atoms with van der Waals surface area (Å²) in [6, 6.07) is 1.92. The summed E-state index contributed by atoms with van der Waals surface area (Å²) in [5, 5.41) is 0.859. The Kier molecular flexibility index (Phi) is 1.84. The maximum atomic E-state index is 5.65. The average Bonchev–Trinajstić information content (AvgIpc) is 2.60. The molecule has 2 rings (SSSR count). The minimum atomic E-state index is 0.593. The van der Waals surface area contributed by atoms with E-state index < -0.39 is 0 Å². The van der Waals surface area contributed by atoms with Crippen molar-refractivity contribution in [3.8, 4) is 10.8 Å². The van der Waals surface area contributed by atoms with Crippen molar-refractivity contribution >= 4 is 17.2 Å². The number of nitrogens with zero attached hydrogens (tertiary/aromatic N) is 1. The summed E-state index contributed by atoms with van der Waals surface area (Å²) < 4.78 is 5.31. The molecule has 3 nitrogen and oxygen atoms in total. The molecular formula is C9H10N2OS. The van der Waals surface area contributed by atoms with Crippen LogP contribution in [0, 0.1) is 13.8 Å². The Morgan fingerprint density at radius 1 is 1.46 bits per heavy atom. The molecule has 2 heterocycles. The summed E-state index contributed by atoms with van der Waals surface area (Å²) in [6.45, 7) is 3.94. The zero-order valence-electron chi connectivity index (χ0n) is 7.50. The van der Waals surface area contributed by atoms with E-state index in [1.165, 1.54) is 0 Å². The van der Waals surface area contributed by atoms with Gasteiger partial charge in [-0.2, -0.15) is 0 Å². The number of nitrogen functional groups attached to an aromatic ring is 1. The van der Waals surface area contributed by atoms with E-state index in [0.29, 0.717) is 5.82 Å². The molecule has 0 saturated carbocycles. The van der Waals surface area contributed by atoms with Gasteiger partial charge in [-0.25, -0.2) is 4.98 Å². The smallest absolute Gasteiger partial charge is 0.165 e. The lowest BCUT2D eigenvalue weighted by Crippen LogP contribution is -1.85. The summed E-state index contributed by atoms with van der Waals surface area (Å²) in [5.74, 6) is 1.42. The first kappa shape index (κ1) is 8.31. The first-order valence-corrected chi connectivity index (χ1v) is 4.77. The van der Waals surface area contributed by atoms with Gasteiger partial charge in [0.15, 0.2) is 10.8 Å². The van der Waals surface area contributed by atoms with Crippen molar-refractivity contribution in [2.45, 2.75) is 13.8 Å². The Balaban J connectivity index is 2.53. The molecule has 0 aliphatic carbocycles. The van der Waals surface area contributed by atoms with Crippen molar-refractivity contribution in [2.75, 3.05) is 5.73 Å². The zero-order valence-corrected chi connectivity index (χ0v) is 8.31. The lowest BCUT2D eigenvalue weighted by molar-refractivity contribution is 0.580. The van der Waals surface area contributed by atoms with Crippen LogP contribution < -0.4 is 5.73 Å². The Morgan fingerprint density at radius 3 is 2.69 bits per heavy atom. The normalized spacial score (nSPS) is 10.6. The van der Waals surface area contributed by atoms with Gasteiger partial charge in [0.05, 0.1) is 6.26 Å². The highest BCUT2D eigenvalue weighted by Gasteiger charge is 2.11. The van der Waals surface area contributed by atoms with Gasteiger partial charge in [0.2, 0.25) is 0 Å². The van der Waals surface area contributed by atoms with Crippen LogP contribution in [0.2, 0.25) is 0 Å². The fraction of sp³-hybridized carbons (Fsp3) is 0.222. The highest BCUT2D eigenvalue weighted by atomic mass is 32.1. The molecule has 0 radical (unpaired) electrons. The number of hydrogen-bond donors (Lipinski definition) is 1. The fourth-order valence-corrected chi connectivity index (χ4v) is 1.98. The topological polar surface area (TPSA) is 52.0 Å². The summed E-state index contributed by atoms with van der Waals surface area (Å²) in [6.07, 6.45) is 1.66. The molecule has 0 bridgehead atoms. The van der Waals surface area contributed by atoms with Crippen LogP contribution in [0.5, 0.6) is 0 Å². The van der Waals surface area contributed by atoms with Crippen molar-refractivity contribution in [2.24, 2.45) is 0 Å². The Bertz CT molecular complexity index is 411. The van der Waals surface area contributed by atoms with E-state index in [0.717, 1.165) is 21.2 Å². The number of furan rings is 1. The molecule has 68 valence electrons. The molecule has 0 aliphatic heterocycles. The van der Waals surface area contributed by atoms with Crippen molar-refractivity contribution in [3.05, 3.63) is 22.8 Å². The van der Waals surface area contributed by atoms with Crippen LogP contribution in [0.1, 0.15) is 10.4 Å². The second-order valence-electron chi connectivity index (χ2n) is 2.89. The number of anilines is 1. The van der Waals surface area contributed by atoms with Gasteiger partial charge in [-0.1, -0.05) is 0 Å². The predicted molar refractivity (Wildman–Crippen MR) is 53.7 cm³/mol. The predicted octanol–water partition coefficient (Wildman–Crippen LogP) is 2.60. The third kappa shape index (κ3) is 1.33. The second kappa shape index (κ2) is 2.88. The van der Waals surface area contributed by atoms with E-state index >= 15 is 0 Å². The number of aromatic nitrogens is 1. The minimum Gasteiger partial charge on any atom is -0.462 e. The van der Waals surface area contributed by atoms with Crippen LogP contribution >= 0.6 is 11.3 Å². The molecule has 0 aromatic carbocycles. The molecule has 0 fully saturated rings. The molecule has 2 aromatic heterocycles. The monoisotopic (exact) mass is 194 g/mol. The van der Waals surface area contributed by atoms with Gasteiger partial charge >= 0.3 is 0 Å². The number of thiazole rings is 1. The van der Waals surface area contributed by atoms with Gasteiger partial charge in [0, 0.05) is 4.88 Å². The van der Waals surface area contributed by atoms with E-state index in [2.05, 4.69) is 4.98 Å². The summed E-state index contributed by atoms with van der Waals surface area (Å²) in [7, 11) is 0. The van der Waals surface area contributed by atoms with Crippen molar-refractivity contribution < 1.29 is 4.42 Å². The standard InChI is InChI=1S/C9H10N2OS/c1-5-3-4-12-7(5)9-11-8(10)6(2)13-9/h3-4H,10H2,1-2H3. The maximum absolute atomic E-state index is 5.65. The Labute approximate surface area is 80.2 Å². The molecule has 0 amide bonds. The van der Waals surface area contributed by atoms with Crippen LogP contribution in [-0.2, 0) is 0 Å². The van der Waals surface area contributed by atoms with Gasteiger partial charge in [-0.15, -0.1) is 11.3 Å². The molecule has 2 aromatic rings. The van der Waals surface area contributed by atoms with Gasteiger partial charge in [-0.05, 0) is 25.5 Å². The van der Waals surface area contributed by atoms with Gasteiger partial charge in [0.25, 0.3) is 0 Å². The van der Waals surface area contributed by atoms with Crippen LogP contribution in [0.15, 0.2) is 16.7 Å². The van der Waals surface area contributed by atoms with Gasteiger partial charge < -0.3 is 10.2 Å². The zero-order chi connectivity index (χ0) is 9.42. The minimum absolute atomic E-state index is 0.593. The quantitative estimate of drug-likeness (QED) is 0.759. The molecule has 0 unspecified atom stereocenters. The summed E-state index contributed by atoms with van der Waals surface area (Å²) in [5.41, 5.74) is 6.75. The Hall–Kier alpha value is -1.29. The molecule has 0 spiro atoms. The maximum Gasteiger partial charge on any atom is 0.165 e. The molecule has 0 saturated heterocycles. The van der Waals surface area contributed by atoms with Crippen molar-refractivity contribution in [1.29, 1.82) is 0 Å². The van der Waals surface area contributed by atoms with Crippen molar-refractivity contribution in [3.63, 3.8) is 0 Å². The number of nitrogens with two attached hydrogens (primary N) is 1. The van der Waals surface area contributed by atoms with Gasteiger partial charge in [0.1, 0.15) is 5.82 Å². The number of rotatable bonds is 1. The Morgan fingerprint density at radius 2 is 2.23 bits per heavy atom. The molecule has 4 heteroatoms. The number of aryl methyl sites for hydroxylation is 2. The number of hydrogen-bond acceptors (Lipinski definition) is 4.